The molecule has 0 fully saturated rings. The molecule has 0 saturated carbocycles. The van der Waals surface area contributed by atoms with Gasteiger partial charge < -0.3 is 15.3 Å². The van der Waals surface area contributed by atoms with Crippen molar-refractivity contribution in [3.63, 3.8) is 0 Å². The number of esters is 1. The van der Waals surface area contributed by atoms with Gasteiger partial charge in [-0.25, -0.2) is 0 Å². The van der Waals surface area contributed by atoms with Gasteiger partial charge in [0.2, 0.25) is 0 Å². The molecule has 0 aliphatic heterocycles. The molecule has 0 spiro atoms. The number of ether oxygens (including phenoxy) is 1. The minimum Gasteiger partial charge on any atom is -0.691 e. The Hall–Kier alpha value is 0.370. The Morgan fingerprint density at radius 2 is 1.32 bits per heavy atom. The summed E-state index contributed by atoms with van der Waals surface area (Å²) in [6, 6.07) is 16.8. The Morgan fingerprint density at radius 3 is 1.82 bits per heavy atom. The minimum absolute atomic E-state index is 0. The van der Waals surface area contributed by atoms with Crippen LogP contribution in [0.2, 0.25) is 0 Å². The molecule has 0 amide bonds. The van der Waals surface area contributed by atoms with Gasteiger partial charge in [0.05, 0.1) is 5.92 Å². The Kier molecular flexibility index (Phi) is 17.3. The first kappa shape index (κ1) is 28.4. The van der Waals surface area contributed by atoms with E-state index in [9.17, 15) is 15.3 Å². The molecule has 0 atom stereocenters. The molecule has 8 nitrogen and oxygen atoms in total. The maximum Gasteiger partial charge on any atom is 1.00 e. The number of rotatable bonds is 11. The van der Waals surface area contributed by atoms with Crippen LogP contribution in [-0.4, -0.2) is 17.5 Å². The molecule has 2 rings (SSSR count). The summed E-state index contributed by atoms with van der Waals surface area (Å²) in [5.41, 5.74) is 2.02. The van der Waals surface area contributed by atoms with Crippen molar-refractivity contribution in [3.05, 3.63) is 54.6 Å². The van der Waals surface area contributed by atoms with Crippen LogP contribution >= 0.6 is 24.1 Å². The van der Waals surface area contributed by atoms with Crippen LogP contribution in [0.5, 0.6) is 5.75 Å². The van der Waals surface area contributed by atoms with Crippen LogP contribution in [0, 0.1) is 5.92 Å². The van der Waals surface area contributed by atoms with Crippen molar-refractivity contribution < 1.29 is 97.9 Å². The van der Waals surface area contributed by atoms with Crippen molar-refractivity contribution >= 4 is 30.1 Å². The summed E-state index contributed by atoms with van der Waals surface area (Å²) in [6.45, 7) is 0. The van der Waals surface area contributed by atoms with Crippen molar-refractivity contribution in [2.45, 2.75) is 0 Å². The van der Waals surface area contributed by atoms with Gasteiger partial charge in [0.15, 0.2) is 0 Å². The van der Waals surface area contributed by atoms with Gasteiger partial charge in [-0.3, -0.25) is 14.9 Å². The van der Waals surface area contributed by atoms with E-state index in [-0.39, 0.29) is 70.6 Å². The third-order valence-electron chi connectivity index (χ3n) is 3.20. The van der Waals surface area contributed by atoms with E-state index in [1.54, 1.807) is 12.1 Å². The average molecular weight is 444 g/mol. The summed E-state index contributed by atoms with van der Waals surface area (Å²) in [5, 5.41) is 26.1. The molecule has 0 radical (unpaired) electrons. The van der Waals surface area contributed by atoms with Crippen LogP contribution in [0.4, 0.5) is 0 Å². The van der Waals surface area contributed by atoms with Crippen LogP contribution in [0.15, 0.2) is 54.6 Å². The summed E-state index contributed by atoms with van der Waals surface area (Å²) >= 11 is 1.27. The molecule has 140 valence electrons. The van der Waals surface area contributed by atoms with Gasteiger partial charge in [-0.05, 0) is 23.3 Å². The fourth-order valence-electron chi connectivity index (χ4n) is 1.99. The predicted molar refractivity (Wildman–Crippen MR) is 90.3 cm³/mol. The van der Waals surface area contributed by atoms with Crippen molar-refractivity contribution in [1.82, 2.24) is 0 Å². The summed E-state index contributed by atoms with van der Waals surface area (Å²) in [7, 11) is 0. The fourth-order valence-corrected chi connectivity index (χ4v) is 3.16. The first-order valence-electron chi connectivity index (χ1n) is 7.28. The molecule has 0 aromatic heterocycles. The molecule has 0 bridgehead atoms. The van der Waals surface area contributed by atoms with Crippen LogP contribution in [0.1, 0.15) is 0 Å². The second-order valence-electron chi connectivity index (χ2n) is 4.85. The molecular weight excluding hydrogens is 430 g/mol. The fraction of sp³-hybridized carbons (Fsp3) is 0.188. The van der Waals surface area contributed by atoms with E-state index >= 15 is 0 Å². The SMILES string of the molecule is O=C(Oc1ccc(-c2ccccc2)cc1)C(CSOO[O-])CSOO[O-].[Na+].[Na+]. The number of carbonyl (C=O) groups excluding carboxylic acids is 1. The Morgan fingerprint density at radius 1 is 0.821 bits per heavy atom. The Bertz CT molecular complexity index is 653. The molecule has 0 aliphatic rings. The van der Waals surface area contributed by atoms with E-state index in [2.05, 4.69) is 18.7 Å². The molecule has 0 saturated heterocycles. The van der Waals surface area contributed by atoms with Crippen molar-refractivity contribution in [2.75, 3.05) is 11.5 Å². The minimum atomic E-state index is -0.732. The van der Waals surface area contributed by atoms with E-state index < -0.39 is 11.9 Å². The third-order valence-corrected chi connectivity index (χ3v) is 4.58. The molecule has 12 heteroatoms. The standard InChI is InChI=1S/C16H16O8S2.2Na/c17-16(14(10-25-23-21-18)11-26-24-22-19)20-15-8-6-13(7-9-15)12-4-2-1-3-5-12;;/h1-9,14,18-19H,10-11H2;;/q;2*+1/p-2. The maximum absolute atomic E-state index is 12.3. The second kappa shape index (κ2) is 17.1. The van der Waals surface area contributed by atoms with E-state index in [0.717, 1.165) is 11.1 Å². The zero-order valence-corrected chi connectivity index (χ0v) is 20.9. The summed E-state index contributed by atoms with van der Waals surface area (Å²) in [4.78, 5) is 12.3. The molecule has 0 heterocycles. The van der Waals surface area contributed by atoms with Gasteiger partial charge in [0.1, 0.15) is 5.75 Å². The zero-order chi connectivity index (χ0) is 18.6. The smallest absolute Gasteiger partial charge is 0.691 e. The third kappa shape index (κ3) is 10.4. The number of hydrogen-bond donors (Lipinski definition) is 0. The van der Waals surface area contributed by atoms with E-state index in [4.69, 9.17) is 4.74 Å². The number of benzene rings is 2. The maximum atomic E-state index is 12.3. The average Bonchev–Trinajstić information content (AvgIpc) is 2.68. The van der Waals surface area contributed by atoms with Gasteiger partial charge in [-0.1, -0.05) is 42.5 Å². The molecule has 2 aromatic rings. The normalized spacial score (nSPS) is 10.1. The van der Waals surface area contributed by atoms with Crippen molar-refractivity contribution in [3.8, 4) is 16.9 Å². The topological polar surface area (TPSA) is 109 Å². The molecule has 0 N–H and O–H groups in total. The van der Waals surface area contributed by atoms with Gasteiger partial charge in [-0.2, -0.15) is 8.67 Å². The first-order valence-corrected chi connectivity index (χ1v) is 9.10. The molecule has 28 heavy (non-hydrogen) atoms. The summed E-state index contributed by atoms with van der Waals surface area (Å²) < 4.78 is 13.6. The number of hydrogen-bond acceptors (Lipinski definition) is 10. The Labute approximate surface area is 214 Å². The second-order valence-corrected chi connectivity index (χ2v) is 6.26. The molecule has 0 aliphatic carbocycles. The zero-order valence-electron chi connectivity index (χ0n) is 15.3. The van der Waals surface area contributed by atoms with E-state index in [0.29, 0.717) is 29.8 Å². The van der Waals surface area contributed by atoms with Gasteiger partial charge in [-0.15, -0.1) is 0 Å². The van der Waals surface area contributed by atoms with Crippen molar-refractivity contribution in [1.29, 1.82) is 0 Å². The quantitative estimate of drug-likeness (QED) is 0.0641. The van der Waals surface area contributed by atoms with Gasteiger partial charge in [0.25, 0.3) is 0 Å². The Balaban J connectivity index is 0.00000364. The van der Waals surface area contributed by atoms with E-state index in [1.165, 1.54) is 0 Å². The molecule has 2 aromatic carbocycles. The van der Waals surface area contributed by atoms with Gasteiger partial charge >= 0.3 is 65.1 Å². The molecule has 0 unspecified atom stereocenters. The van der Waals surface area contributed by atoms with Gasteiger partial charge in [0, 0.05) is 35.6 Å². The predicted octanol–water partition coefficient (Wildman–Crippen LogP) is -4.37. The van der Waals surface area contributed by atoms with Crippen molar-refractivity contribution in [2.24, 2.45) is 5.92 Å². The summed E-state index contributed by atoms with van der Waals surface area (Å²) in [5.74, 6) is -0.848. The van der Waals surface area contributed by atoms with Crippen LogP contribution < -0.4 is 74.4 Å². The largest absolute Gasteiger partial charge is 1.00 e. The van der Waals surface area contributed by atoms with Crippen LogP contribution in [-0.2, 0) is 23.5 Å². The monoisotopic (exact) mass is 444 g/mol. The number of carbonyl (C=O) groups is 1. The van der Waals surface area contributed by atoms with Crippen LogP contribution in [0.3, 0.4) is 0 Å². The first-order chi connectivity index (χ1) is 12.7. The summed E-state index contributed by atoms with van der Waals surface area (Å²) in [6.07, 6.45) is 0. The van der Waals surface area contributed by atoms with Crippen LogP contribution in [0.25, 0.3) is 11.1 Å². The molecular formula is C16H14Na2O8S2. The van der Waals surface area contributed by atoms with E-state index in [1.807, 2.05) is 42.5 Å².